The van der Waals surface area contributed by atoms with Crippen LogP contribution in [-0.4, -0.2) is 79.1 Å². The first-order chi connectivity index (χ1) is 24.1. The molecular weight excluding hydrogens is 612 g/mol. The van der Waals surface area contributed by atoms with Gasteiger partial charge in [0.15, 0.2) is 0 Å². The largest absolute Gasteiger partial charge is 0.497 e. The van der Waals surface area contributed by atoms with E-state index in [2.05, 4.69) is 29.2 Å². The van der Waals surface area contributed by atoms with Crippen molar-refractivity contribution in [3.8, 4) is 5.75 Å². The zero-order chi connectivity index (χ0) is 33.8. The van der Waals surface area contributed by atoms with Crippen LogP contribution >= 0.6 is 0 Å². The summed E-state index contributed by atoms with van der Waals surface area (Å²) in [6.45, 7) is 4.57. The second-order valence-corrected chi connectivity index (χ2v) is 12.9. The molecule has 2 saturated heterocycles. The molecule has 0 radical (unpaired) electrons. The van der Waals surface area contributed by atoms with Crippen LogP contribution in [0.15, 0.2) is 109 Å². The molecule has 254 valence electrons. The molecule has 0 spiro atoms. The van der Waals surface area contributed by atoms with Crippen LogP contribution in [0.2, 0.25) is 0 Å². The average Bonchev–Trinajstić information content (AvgIpc) is 3.17. The van der Waals surface area contributed by atoms with Gasteiger partial charge in [-0.15, -0.1) is 0 Å². The van der Waals surface area contributed by atoms with Crippen LogP contribution < -0.4 is 9.64 Å². The third kappa shape index (κ3) is 9.36. The van der Waals surface area contributed by atoms with E-state index in [0.717, 1.165) is 60.6 Å². The molecule has 2 aliphatic heterocycles. The molecule has 1 unspecified atom stereocenters. The molecule has 6 rings (SSSR count). The van der Waals surface area contributed by atoms with Gasteiger partial charge in [0.1, 0.15) is 17.6 Å². The Bertz CT molecular complexity index is 1650. The lowest BCUT2D eigenvalue weighted by Gasteiger charge is -2.38. The molecule has 3 heterocycles. The van der Waals surface area contributed by atoms with Gasteiger partial charge in [0.2, 0.25) is 11.8 Å². The van der Waals surface area contributed by atoms with Crippen molar-refractivity contribution < 1.29 is 19.1 Å². The number of carbonyl (C=O) groups excluding carboxylic acids is 2. The van der Waals surface area contributed by atoms with Crippen molar-refractivity contribution in [1.82, 2.24) is 14.8 Å². The SMILES string of the molecule is COc1ccc(C=CC(=O)N(Cc2ccc(N3CCOCC3)nc2)C(Cc2ccccc2)C(=O)N2CCC(Cc3ccccc3)CC2)cc1. The fourth-order valence-corrected chi connectivity index (χ4v) is 6.69. The Morgan fingerprint density at radius 3 is 2.16 bits per heavy atom. The molecule has 0 N–H and O–H groups in total. The standard InChI is InChI=1S/C41H46N4O4/c1-48-37-16-12-32(13-17-37)15-19-40(46)45(31-36-14-18-39(42-30-36)43-24-26-49-27-25-43)38(29-34-10-6-3-7-11-34)41(47)44-22-20-35(21-23-44)28-33-8-4-2-5-9-33/h2-19,30,35,38H,20-29,31H2,1H3. The molecular formula is C41H46N4O4. The van der Waals surface area contributed by atoms with Crippen LogP contribution in [-0.2, 0) is 33.7 Å². The summed E-state index contributed by atoms with van der Waals surface area (Å²) in [5.41, 5.74) is 4.09. The van der Waals surface area contributed by atoms with E-state index in [-0.39, 0.29) is 18.4 Å². The zero-order valence-corrected chi connectivity index (χ0v) is 28.3. The quantitative estimate of drug-likeness (QED) is 0.172. The van der Waals surface area contributed by atoms with E-state index in [1.54, 1.807) is 24.2 Å². The highest BCUT2D eigenvalue weighted by atomic mass is 16.5. The normalized spacial score (nSPS) is 16.0. The summed E-state index contributed by atoms with van der Waals surface area (Å²) in [6.07, 6.45) is 8.53. The second-order valence-electron chi connectivity index (χ2n) is 12.9. The number of piperidine rings is 1. The predicted octanol–water partition coefficient (Wildman–Crippen LogP) is 6.06. The van der Waals surface area contributed by atoms with E-state index in [9.17, 15) is 9.59 Å². The Labute approximate surface area is 290 Å². The number of ether oxygens (including phenoxy) is 2. The first-order valence-electron chi connectivity index (χ1n) is 17.3. The molecule has 0 aliphatic carbocycles. The minimum absolute atomic E-state index is 0.00823. The van der Waals surface area contributed by atoms with E-state index in [1.165, 1.54) is 5.56 Å². The van der Waals surface area contributed by atoms with E-state index in [0.29, 0.717) is 38.6 Å². The number of likely N-dealkylation sites (tertiary alicyclic amines) is 1. The lowest BCUT2D eigenvalue weighted by Crippen LogP contribution is -2.53. The van der Waals surface area contributed by atoms with Crippen molar-refractivity contribution in [2.24, 2.45) is 5.92 Å². The summed E-state index contributed by atoms with van der Waals surface area (Å²) in [5.74, 6) is 1.94. The van der Waals surface area contributed by atoms with E-state index >= 15 is 0 Å². The number of morpholine rings is 1. The van der Waals surface area contributed by atoms with Gasteiger partial charge in [0.05, 0.1) is 20.3 Å². The number of nitrogens with zero attached hydrogens (tertiary/aromatic N) is 4. The topological polar surface area (TPSA) is 75.2 Å². The molecule has 0 saturated carbocycles. The molecule has 4 aromatic rings. The monoisotopic (exact) mass is 658 g/mol. The van der Waals surface area contributed by atoms with Gasteiger partial charge in [-0.1, -0.05) is 78.9 Å². The Hall–Kier alpha value is -4.95. The van der Waals surface area contributed by atoms with Crippen molar-refractivity contribution >= 4 is 23.7 Å². The highest BCUT2D eigenvalue weighted by Gasteiger charge is 2.34. The summed E-state index contributed by atoms with van der Waals surface area (Å²) < 4.78 is 10.8. The third-order valence-corrected chi connectivity index (χ3v) is 9.54. The summed E-state index contributed by atoms with van der Waals surface area (Å²) in [4.78, 5) is 39.5. The molecule has 8 nitrogen and oxygen atoms in total. The van der Waals surface area contributed by atoms with Gasteiger partial charge >= 0.3 is 0 Å². The second kappa shape index (κ2) is 16.9. The number of amides is 2. The van der Waals surface area contributed by atoms with E-state index in [4.69, 9.17) is 14.5 Å². The fourth-order valence-electron chi connectivity index (χ4n) is 6.69. The molecule has 1 aromatic heterocycles. The highest BCUT2D eigenvalue weighted by Crippen LogP contribution is 2.25. The number of methoxy groups -OCH3 is 1. The number of hydrogen-bond donors (Lipinski definition) is 0. The number of aromatic nitrogens is 1. The van der Waals surface area contributed by atoms with Crippen molar-refractivity contribution in [1.29, 1.82) is 0 Å². The molecule has 2 amide bonds. The van der Waals surface area contributed by atoms with Crippen molar-refractivity contribution in [3.05, 3.63) is 132 Å². The lowest BCUT2D eigenvalue weighted by molar-refractivity contribution is -0.145. The summed E-state index contributed by atoms with van der Waals surface area (Å²) >= 11 is 0. The number of pyridine rings is 1. The number of hydrogen-bond acceptors (Lipinski definition) is 6. The van der Waals surface area contributed by atoms with Crippen LogP contribution in [0.25, 0.3) is 6.08 Å². The molecule has 1 atom stereocenters. The van der Waals surface area contributed by atoms with Crippen LogP contribution in [0, 0.1) is 5.92 Å². The summed E-state index contributed by atoms with van der Waals surface area (Å²) in [6, 6.07) is 31.5. The molecule has 0 bridgehead atoms. The Morgan fingerprint density at radius 1 is 0.857 bits per heavy atom. The summed E-state index contributed by atoms with van der Waals surface area (Å²) in [5, 5.41) is 0. The van der Waals surface area contributed by atoms with E-state index in [1.807, 2.05) is 83.9 Å². The highest BCUT2D eigenvalue weighted by molar-refractivity contribution is 5.95. The predicted molar refractivity (Wildman–Crippen MR) is 193 cm³/mol. The molecule has 3 aromatic carbocycles. The fraction of sp³-hybridized carbons (Fsp3) is 0.341. The molecule has 8 heteroatoms. The van der Waals surface area contributed by atoms with Crippen LogP contribution in [0.4, 0.5) is 5.82 Å². The maximum absolute atomic E-state index is 14.6. The molecule has 49 heavy (non-hydrogen) atoms. The van der Waals surface area contributed by atoms with Crippen LogP contribution in [0.1, 0.15) is 35.1 Å². The Balaban J connectivity index is 1.25. The molecule has 2 fully saturated rings. The Kier molecular flexibility index (Phi) is 11.7. The van der Waals surface area contributed by atoms with Gasteiger partial charge in [0, 0.05) is 51.4 Å². The first-order valence-corrected chi connectivity index (χ1v) is 17.3. The minimum Gasteiger partial charge on any atom is -0.497 e. The van der Waals surface area contributed by atoms with Gasteiger partial charge in [-0.2, -0.15) is 0 Å². The zero-order valence-electron chi connectivity index (χ0n) is 28.3. The van der Waals surface area contributed by atoms with Crippen molar-refractivity contribution in [2.75, 3.05) is 51.4 Å². The van der Waals surface area contributed by atoms with Crippen molar-refractivity contribution in [2.45, 2.75) is 38.3 Å². The third-order valence-electron chi connectivity index (χ3n) is 9.54. The minimum atomic E-state index is -0.681. The number of benzene rings is 3. The van der Waals surface area contributed by atoms with Gasteiger partial charge in [-0.25, -0.2) is 4.98 Å². The van der Waals surface area contributed by atoms with Gasteiger partial charge < -0.3 is 24.2 Å². The smallest absolute Gasteiger partial charge is 0.247 e. The summed E-state index contributed by atoms with van der Waals surface area (Å²) in [7, 11) is 1.63. The van der Waals surface area contributed by atoms with Crippen LogP contribution in [0.5, 0.6) is 5.75 Å². The maximum atomic E-state index is 14.6. The first kappa shape index (κ1) is 33.9. The van der Waals surface area contributed by atoms with E-state index < -0.39 is 6.04 Å². The van der Waals surface area contributed by atoms with Crippen molar-refractivity contribution in [3.63, 3.8) is 0 Å². The number of carbonyl (C=O) groups is 2. The maximum Gasteiger partial charge on any atom is 0.247 e. The van der Waals surface area contributed by atoms with Gasteiger partial charge in [-0.05, 0) is 71.7 Å². The average molecular weight is 659 g/mol. The molecule has 2 aliphatic rings. The van der Waals surface area contributed by atoms with Gasteiger partial charge in [0.25, 0.3) is 0 Å². The number of anilines is 1. The Morgan fingerprint density at radius 2 is 1.53 bits per heavy atom. The number of rotatable bonds is 12. The van der Waals surface area contributed by atoms with Gasteiger partial charge in [-0.3, -0.25) is 9.59 Å². The van der Waals surface area contributed by atoms with Crippen LogP contribution in [0.3, 0.4) is 0 Å². The lowest BCUT2D eigenvalue weighted by atomic mass is 9.89.